The van der Waals surface area contributed by atoms with Crippen molar-refractivity contribution in [2.24, 2.45) is 0 Å². The zero-order chi connectivity index (χ0) is 12.7. The first-order valence-electron chi connectivity index (χ1n) is 4.63. The van der Waals surface area contributed by atoms with Gasteiger partial charge < -0.3 is 17.5 Å². The summed E-state index contributed by atoms with van der Waals surface area (Å²) >= 11 is 0. The Bertz CT molecular complexity index is 409. The maximum Gasteiger partial charge on any atom is 0.302 e. The van der Waals surface area contributed by atoms with Crippen LogP contribution in [0.1, 0.15) is 0 Å². The first-order valence-corrected chi connectivity index (χ1v) is 6.94. The van der Waals surface area contributed by atoms with Crippen molar-refractivity contribution in [1.29, 1.82) is 0 Å². The molecule has 1 heterocycles. The van der Waals surface area contributed by atoms with Gasteiger partial charge in [0.15, 0.2) is 5.03 Å². The fourth-order valence-corrected chi connectivity index (χ4v) is 3.13. The van der Waals surface area contributed by atoms with Gasteiger partial charge in [0.05, 0.1) is 4.92 Å². The second-order valence-corrected chi connectivity index (χ2v) is 5.24. The molecule has 1 unspecified atom stereocenters. The SMILES string of the molecule is CNC([C-]=O)CSSc1ncccc1[N+](=O)[O-].[CH3-].[Y]. The number of rotatable bonds is 7. The number of nitrogens with zero attached hydrogens (tertiary/aromatic N) is 2. The average Bonchev–Trinajstić information content (AvgIpc) is 2.35. The third-order valence-electron chi connectivity index (χ3n) is 1.81. The number of pyridine rings is 1. The van der Waals surface area contributed by atoms with Crippen molar-refractivity contribution in [2.75, 3.05) is 12.8 Å². The number of hydrogen-bond acceptors (Lipinski definition) is 7. The topological polar surface area (TPSA) is 85.1 Å². The molecule has 0 aromatic carbocycles. The van der Waals surface area contributed by atoms with Gasteiger partial charge in [-0.25, -0.2) is 11.3 Å². The summed E-state index contributed by atoms with van der Waals surface area (Å²) in [4.78, 5) is 24.6. The van der Waals surface area contributed by atoms with Crippen molar-refractivity contribution in [1.82, 2.24) is 10.3 Å². The quantitative estimate of drug-likeness (QED) is 0.337. The van der Waals surface area contributed by atoms with Crippen LogP contribution in [0.3, 0.4) is 0 Å². The Morgan fingerprint density at radius 1 is 1.63 bits per heavy atom. The van der Waals surface area contributed by atoms with Gasteiger partial charge in [0.25, 0.3) is 0 Å². The zero-order valence-corrected chi connectivity index (χ0v) is 15.0. The van der Waals surface area contributed by atoms with E-state index in [4.69, 9.17) is 0 Å². The summed E-state index contributed by atoms with van der Waals surface area (Å²) < 4.78 is 0. The molecule has 0 amide bonds. The van der Waals surface area contributed by atoms with Gasteiger partial charge in [-0.2, -0.15) is 0 Å². The van der Waals surface area contributed by atoms with Gasteiger partial charge in [-0.05, 0) is 29.7 Å². The maximum atomic E-state index is 10.7. The minimum atomic E-state index is -0.475. The van der Waals surface area contributed by atoms with Crippen LogP contribution in [0.4, 0.5) is 5.69 Å². The molecule has 0 spiro atoms. The fraction of sp³-hybridized carbons (Fsp3) is 0.300. The molecule has 1 aromatic rings. The number of hydrogen-bond donors (Lipinski definition) is 1. The second-order valence-electron chi connectivity index (χ2n) is 2.91. The van der Waals surface area contributed by atoms with Crippen LogP contribution in [0.2, 0.25) is 0 Å². The summed E-state index contributed by atoms with van der Waals surface area (Å²) in [5, 5.41) is 13.8. The standard InChI is InChI=1S/C9H10N3O3S2.CH3.Y/c1-10-7(5-13)6-16-17-9-8(12(14)15)3-2-4-11-9;;/h2-4,7,10H,6H2,1H3;1H3;/q2*-1;. The Morgan fingerprint density at radius 2 is 2.32 bits per heavy atom. The first-order chi connectivity index (χ1) is 8.19. The summed E-state index contributed by atoms with van der Waals surface area (Å²) in [6.45, 7) is 0. The molecule has 1 rings (SSSR count). The van der Waals surface area contributed by atoms with Crippen LogP contribution >= 0.6 is 21.6 Å². The molecule has 1 N–H and O–H groups in total. The van der Waals surface area contributed by atoms with Crippen LogP contribution in [0, 0.1) is 17.5 Å². The van der Waals surface area contributed by atoms with Crippen LogP contribution in [0.5, 0.6) is 0 Å². The molecule has 0 fully saturated rings. The van der Waals surface area contributed by atoms with E-state index in [0.29, 0.717) is 10.8 Å². The molecular formula is C10H13N3O3S2Y-2. The predicted octanol–water partition coefficient (Wildman–Crippen LogP) is 1.88. The molecule has 1 atom stereocenters. The molecule has 6 nitrogen and oxygen atoms in total. The summed E-state index contributed by atoms with van der Waals surface area (Å²) in [7, 11) is 4.16. The Balaban J connectivity index is 0. The van der Waals surface area contributed by atoms with Crippen molar-refractivity contribution < 1.29 is 42.4 Å². The number of nitrogens with one attached hydrogen (secondary N) is 1. The largest absolute Gasteiger partial charge is 0.540 e. The molecule has 0 saturated heterocycles. The maximum absolute atomic E-state index is 10.7. The molecule has 0 aliphatic carbocycles. The Labute approximate surface area is 145 Å². The van der Waals surface area contributed by atoms with Crippen molar-refractivity contribution in [2.45, 2.75) is 11.1 Å². The van der Waals surface area contributed by atoms with Gasteiger partial charge in [0.2, 0.25) is 0 Å². The zero-order valence-electron chi connectivity index (χ0n) is 10.5. The van der Waals surface area contributed by atoms with Crippen molar-refractivity contribution in [3.63, 3.8) is 0 Å². The molecule has 1 aromatic heterocycles. The molecule has 0 aliphatic rings. The van der Waals surface area contributed by atoms with E-state index in [0.717, 1.165) is 0 Å². The predicted molar refractivity (Wildman–Crippen MR) is 74.2 cm³/mol. The second kappa shape index (κ2) is 11.8. The van der Waals surface area contributed by atoms with E-state index in [-0.39, 0.29) is 51.9 Å². The minimum Gasteiger partial charge on any atom is -0.540 e. The molecule has 9 heteroatoms. The molecule has 0 bridgehead atoms. The van der Waals surface area contributed by atoms with Crippen LogP contribution in [-0.2, 0) is 37.5 Å². The van der Waals surface area contributed by atoms with Crippen molar-refractivity contribution in [3.8, 4) is 0 Å². The molecule has 19 heavy (non-hydrogen) atoms. The minimum absolute atomic E-state index is 0. The van der Waals surface area contributed by atoms with E-state index in [9.17, 15) is 14.9 Å². The van der Waals surface area contributed by atoms with Gasteiger partial charge in [-0.15, -0.1) is 0 Å². The number of carbonyl (C=O) groups excluding carboxylic acids is 1. The third-order valence-corrected chi connectivity index (χ3v) is 4.11. The van der Waals surface area contributed by atoms with Crippen LogP contribution in [-0.4, -0.2) is 35.0 Å². The van der Waals surface area contributed by atoms with Crippen LogP contribution in [0.15, 0.2) is 23.4 Å². The van der Waals surface area contributed by atoms with Gasteiger partial charge in [0.1, 0.15) is 0 Å². The van der Waals surface area contributed by atoms with E-state index >= 15 is 0 Å². The van der Waals surface area contributed by atoms with Crippen LogP contribution < -0.4 is 5.32 Å². The average molecular weight is 376 g/mol. The summed E-state index contributed by atoms with van der Waals surface area (Å²) in [6, 6.07) is 2.54. The van der Waals surface area contributed by atoms with Crippen LogP contribution in [0.25, 0.3) is 0 Å². The summed E-state index contributed by atoms with van der Waals surface area (Å²) in [6.07, 6.45) is 3.32. The van der Waals surface area contributed by atoms with E-state index in [1.54, 1.807) is 7.05 Å². The molecule has 0 aliphatic heterocycles. The Hall–Kier alpha value is -0.0161. The van der Waals surface area contributed by atoms with E-state index in [1.165, 1.54) is 39.9 Å². The molecule has 0 saturated carbocycles. The van der Waals surface area contributed by atoms with Gasteiger partial charge in [-0.3, -0.25) is 10.1 Å². The molecule has 1 radical (unpaired) electrons. The fourth-order valence-electron chi connectivity index (χ4n) is 0.920. The summed E-state index contributed by atoms with van der Waals surface area (Å²) in [5.74, 6) is 0.471. The van der Waals surface area contributed by atoms with Crippen molar-refractivity contribution in [3.05, 3.63) is 35.9 Å². The Kier molecular flexibility index (Phi) is 13.2. The third kappa shape index (κ3) is 7.36. The van der Waals surface area contributed by atoms with Gasteiger partial charge in [-0.1, -0.05) is 16.8 Å². The monoisotopic (exact) mass is 376 g/mol. The van der Waals surface area contributed by atoms with Gasteiger partial charge in [0, 0.05) is 45.0 Å². The number of nitro groups is 1. The van der Waals surface area contributed by atoms with E-state index in [2.05, 4.69) is 10.3 Å². The van der Waals surface area contributed by atoms with Crippen molar-refractivity contribution >= 4 is 33.6 Å². The van der Waals surface area contributed by atoms with E-state index in [1.807, 2.05) is 6.29 Å². The first kappa shape index (κ1) is 21.3. The summed E-state index contributed by atoms with van der Waals surface area (Å²) in [5.41, 5.74) is -0.0268. The number of aromatic nitrogens is 1. The number of likely N-dealkylation sites (N-methyl/N-ethyl adjacent to an activating group) is 1. The normalized spacial score (nSPS) is 10.8. The molecular weight excluding hydrogens is 363 g/mol. The molecule has 103 valence electrons. The Morgan fingerprint density at radius 3 is 2.84 bits per heavy atom. The van der Waals surface area contributed by atoms with Gasteiger partial charge >= 0.3 is 5.69 Å². The van der Waals surface area contributed by atoms with E-state index < -0.39 is 4.92 Å². The smallest absolute Gasteiger partial charge is 0.302 e.